The molecule has 3 rings (SSSR count). The number of aromatic nitrogens is 2. The summed E-state index contributed by atoms with van der Waals surface area (Å²) in [5, 5.41) is 25.9. The molecule has 2 aromatic rings. The molecule has 1 fully saturated rings. The third kappa shape index (κ3) is 3.49. The molecular weight excluding hydrogens is 300 g/mol. The topological polar surface area (TPSA) is 130 Å². The highest BCUT2D eigenvalue weighted by atomic mass is 16.4. The van der Waals surface area contributed by atoms with Crippen molar-refractivity contribution < 1.29 is 19.8 Å². The molecule has 1 unspecified atom stereocenters. The number of aliphatic hydroxyl groups excluding tert-OH is 1. The number of nitrogens with two attached hydrogens (primary N) is 1. The molecule has 0 radical (unpaired) electrons. The number of benzene rings is 1. The predicted octanol–water partition coefficient (Wildman–Crippen LogP) is 0.809. The van der Waals surface area contributed by atoms with Crippen molar-refractivity contribution >= 4 is 28.5 Å². The van der Waals surface area contributed by atoms with E-state index in [9.17, 15) is 14.7 Å². The standard InChI is InChI=1S/C15H18N4O4/c16-15(23)14-10-6-9(17-12(20)5-8-1-2-8)3-4-11(10)19(18-14)7-13(21)22/h3-4,6,8,15,23H,1-2,5,7,16H2,(H,17,20)(H,21,22). The lowest BCUT2D eigenvalue weighted by molar-refractivity contribution is -0.137. The molecule has 1 aliphatic rings. The molecule has 8 heteroatoms. The van der Waals surface area contributed by atoms with Gasteiger partial charge >= 0.3 is 5.97 Å². The quantitative estimate of drug-likeness (QED) is 0.583. The van der Waals surface area contributed by atoms with E-state index in [0.29, 0.717) is 28.9 Å². The van der Waals surface area contributed by atoms with Gasteiger partial charge in [-0.15, -0.1) is 0 Å². The number of carboxylic acid groups (broad SMARTS) is 1. The number of nitrogens with zero attached hydrogens (tertiary/aromatic N) is 2. The number of nitrogens with one attached hydrogen (secondary N) is 1. The summed E-state index contributed by atoms with van der Waals surface area (Å²) in [7, 11) is 0. The Labute approximate surface area is 131 Å². The van der Waals surface area contributed by atoms with Gasteiger partial charge in [0.05, 0.1) is 5.52 Å². The van der Waals surface area contributed by atoms with Crippen LogP contribution in [0.2, 0.25) is 0 Å². The van der Waals surface area contributed by atoms with Crippen LogP contribution in [0.5, 0.6) is 0 Å². The second-order valence-corrected chi connectivity index (χ2v) is 5.81. The van der Waals surface area contributed by atoms with Crippen LogP contribution in [0.15, 0.2) is 18.2 Å². The number of hydrogen-bond acceptors (Lipinski definition) is 5. The van der Waals surface area contributed by atoms with Crippen molar-refractivity contribution in [3.05, 3.63) is 23.9 Å². The van der Waals surface area contributed by atoms with Gasteiger partial charge in [0.1, 0.15) is 18.5 Å². The maximum atomic E-state index is 11.9. The van der Waals surface area contributed by atoms with Crippen LogP contribution < -0.4 is 11.1 Å². The molecule has 0 spiro atoms. The molecular formula is C15H18N4O4. The van der Waals surface area contributed by atoms with Crippen LogP contribution in [0.4, 0.5) is 5.69 Å². The van der Waals surface area contributed by atoms with Gasteiger partial charge in [0.15, 0.2) is 0 Å². The summed E-state index contributed by atoms with van der Waals surface area (Å²) in [5.74, 6) is -0.618. The van der Waals surface area contributed by atoms with Crippen LogP contribution in [-0.2, 0) is 16.1 Å². The van der Waals surface area contributed by atoms with Crippen LogP contribution in [0, 0.1) is 5.92 Å². The summed E-state index contributed by atoms with van der Waals surface area (Å²) in [4.78, 5) is 22.8. The van der Waals surface area contributed by atoms with Crippen molar-refractivity contribution in [3.8, 4) is 0 Å². The van der Waals surface area contributed by atoms with Crippen molar-refractivity contribution in [1.29, 1.82) is 0 Å². The van der Waals surface area contributed by atoms with E-state index in [-0.39, 0.29) is 18.1 Å². The number of aliphatic hydroxyl groups is 1. The van der Waals surface area contributed by atoms with Crippen LogP contribution in [-0.4, -0.2) is 31.9 Å². The number of carbonyl (C=O) groups is 2. The van der Waals surface area contributed by atoms with Gasteiger partial charge in [-0.2, -0.15) is 5.10 Å². The normalized spacial score (nSPS) is 15.6. The van der Waals surface area contributed by atoms with E-state index in [1.807, 2.05) is 0 Å². The number of amides is 1. The maximum Gasteiger partial charge on any atom is 0.325 e. The SMILES string of the molecule is NC(O)c1nn(CC(=O)O)c2ccc(NC(=O)CC3CC3)cc12. The molecule has 0 saturated heterocycles. The molecule has 1 atom stereocenters. The largest absolute Gasteiger partial charge is 0.480 e. The van der Waals surface area contributed by atoms with Gasteiger partial charge in [0.2, 0.25) is 5.91 Å². The molecule has 1 heterocycles. The van der Waals surface area contributed by atoms with Gasteiger partial charge in [-0.1, -0.05) is 0 Å². The molecule has 1 aromatic heterocycles. The number of rotatable bonds is 6. The summed E-state index contributed by atoms with van der Waals surface area (Å²) in [5.41, 5.74) is 6.78. The molecule has 8 nitrogen and oxygen atoms in total. The maximum absolute atomic E-state index is 11.9. The second kappa shape index (κ2) is 5.98. The Kier molecular flexibility index (Phi) is 4.01. The number of hydrogen-bond donors (Lipinski definition) is 4. The third-order valence-electron chi connectivity index (χ3n) is 3.80. The van der Waals surface area contributed by atoms with Gasteiger partial charge in [-0.25, -0.2) is 0 Å². The zero-order valence-corrected chi connectivity index (χ0v) is 12.4. The third-order valence-corrected chi connectivity index (χ3v) is 3.80. The summed E-state index contributed by atoms with van der Waals surface area (Å²) in [6, 6.07) is 4.99. The molecule has 0 bridgehead atoms. The zero-order valence-electron chi connectivity index (χ0n) is 12.4. The minimum Gasteiger partial charge on any atom is -0.480 e. The molecule has 122 valence electrons. The lowest BCUT2D eigenvalue weighted by Gasteiger charge is -2.06. The number of carboxylic acids is 1. The van der Waals surface area contributed by atoms with Crippen molar-refractivity contribution in [2.75, 3.05) is 5.32 Å². The van der Waals surface area contributed by atoms with E-state index < -0.39 is 12.2 Å². The van der Waals surface area contributed by atoms with Gasteiger partial charge in [-0.05, 0) is 37.0 Å². The average molecular weight is 318 g/mol. The fourth-order valence-electron chi connectivity index (χ4n) is 2.55. The molecule has 23 heavy (non-hydrogen) atoms. The van der Waals surface area contributed by atoms with Crippen molar-refractivity contribution in [3.63, 3.8) is 0 Å². The van der Waals surface area contributed by atoms with E-state index in [1.54, 1.807) is 18.2 Å². The van der Waals surface area contributed by atoms with Crippen molar-refractivity contribution in [2.24, 2.45) is 11.7 Å². The molecule has 1 aromatic carbocycles. The molecule has 1 amide bonds. The first-order valence-electron chi connectivity index (χ1n) is 7.40. The first-order chi connectivity index (χ1) is 10.9. The highest BCUT2D eigenvalue weighted by Crippen LogP contribution is 2.33. The monoisotopic (exact) mass is 318 g/mol. The summed E-state index contributed by atoms with van der Waals surface area (Å²) < 4.78 is 1.26. The van der Waals surface area contributed by atoms with Crippen molar-refractivity contribution in [2.45, 2.75) is 32.0 Å². The molecule has 5 N–H and O–H groups in total. The predicted molar refractivity (Wildman–Crippen MR) is 82.5 cm³/mol. The molecule has 0 aliphatic heterocycles. The van der Waals surface area contributed by atoms with E-state index in [0.717, 1.165) is 12.8 Å². The number of anilines is 1. The van der Waals surface area contributed by atoms with Crippen LogP contribution >= 0.6 is 0 Å². The summed E-state index contributed by atoms with van der Waals surface area (Å²) in [6.07, 6.45) is 1.36. The fourth-order valence-corrected chi connectivity index (χ4v) is 2.55. The van der Waals surface area contributed by atoms with E-state index in [2.05, 4.69) is 10.4 Å². The Balaban J connectivity index is 1.91. The lowest BCUT2D eigenvalue weighted by Crippen LogP contribution is -2.13. The Hall–Kier alpha value is -2.45. The Morgan fingerprint density at radius 3 is 2.78 bits per heavy atom. The fraction of sp³-hybridized carbons (Fsp3) is 0.400. The van der Waals surface area contributed by atoms with Gasteiger partial charge in [-0.3, -0.25) is 14.3 Å². The zero-order chi connectivity index (χ0) is 16.6. The first-order valence-corrected chi connectivity index (χ1v) is 7.40. The first kappa shape index (κ1) is 15.4. The highest BCUT2D eigenvalue weighted by Gasteiger charge is 2.24. The Bertz CT molecular complexity index is 764. The minimum atomic E-state index is -1.33. The van der Waals surface area contributed by atoms with Crippen molar-refractivity contribution in [1.82, 2.24) is 9.78 Å². The average Bonchev–Trinajstić information content (AvgIpc) is 3.19. The Morgan fingerprint density at radius 1 is 1.43 bits per heavy atom. The van der Waals surface area contributed by atoms with Crippen LogP contribution in [0.3, 0.4) is 0 Å². The van der Waals surface area contributed by atoms with Gasteiger partial charge in [0, 0.05) is 17.5 Å². The Morgan fingerprint density at radius 2 is 2.17 bits per heavy atom. The van der Waals surface area contributed by atoms with E-state index >= 15 is 0 Å². The minimum absolute atomic E-state index is 0.0559. The smallest absolute Gasteiger partial charge is 0.325 e. The van der Waals surface area contributed by atoms with Crippen LogP contribution in [0.25, 0.3) is 10.9 Å². The highest BCUT2D eigenvalue weighted by molar-refractivity contribution is 5.94. The molecule has 1 aliphatic carbocycles. The van der Waals surface area contributed by atoms with Gasteiger partial charge < -0.3 is 21.3 Å². The van der Waals surface area contributed by atoms with Gasteiger partial charge in [0.25, 0.3) is 0 Å². The van der Waals surface area contributed by atoms with Crippen LogP contribution in [0.1, 0.15) is 31.2 Å². The lowest BCUT2D eigenvalue weighted by atomic mass is 10.1. The number of fused-ring (bicyclic) bond motifs is 1. The number of aliphatic carboxylic acids is 1. The summed E-state index contributed by atoms with van der Waals surface area (Å²) >= 11 is 0. The molecule has 1 saturated carbocycles. The van der Waals surface area contributed by atoms with E-state index in [1.165, 1.54) is 4.68 Å². The van der Waals surface area contributed by atoms with E-state index in [4.69, 9.17) is 10.8 Å². The summed E-state index contributed by atoms with van der Waals surface area (Å²) in [6.45, 7) is -0.337. The second-order valence-electron chi connectivity index (χ2n) is 5.81. The number of carbonyl (C=O) groups excluding carboxylic acids is 1.